The molecule has 6 heteroatoms. The van der Waals surface area contributed by atoms with E-state index in [4.69, 9.17) is 0 Å². The summed E-state index contributed by atoms with van der Waals surface area (Å²) in [6.45, 7) is 1.99. The molecule has 1 aromatic rings. The fourth-order valence-corrected chi connectivity index (χ4v) is 2.75. The first-order valence-corrected chi connectivity index (χ1v) is 7.84. The van der Waals surface area contributed by atoms with E-state index >= 15 is 0 Å². The molecule has 2 rings (SSSR count). The van der Waals surface area contributed by atoms with Crippen LogP contribution >= 0.6 is 0 Å². The minimum absolute atomic E-state index is 0.221. The van der Waals surface area contributed by atoms with Crippen LogP contribution in [0.2, 0.25) is 0 Å². The summed E-state index contributed by atoms with van der Waals surface area (Å²) in [5.41, 5.74) is -0.387. The quantitative estimate of drug-likeness (QED) is 0.869. The van der Waals surface area contributed by atoms with E-state index in [-0.39, 0.29) is 18.4 Å². The molecule has 0 aliphatic heterocycles. The zero-order chi connectivity index (χ0) is 17.2. The summed E-state index contributed by atoms with van der Waals surface area (Å²) in [5.74, 6) is -0.640. The molecule has 1 aromatic carbocycles. The molecule has 0 spiro atoms. The number of benzene rings is 1. The van der Waals surface area contributed by atoms with Crippen molar-refractivity contribution in [3.63, 3.8) is 0 Å². The summed E-state index contributed by atoms with van der Waals surface area (Å²) >= 11 is 0. The third kappa shape index (κ3) is 4.47. The number of hydrogen-bond acceptors (Lipinski definition) is 2. The average Bonchev–Trinajstić information content (AvgIpc) is 3.32. The van der Waals surface area contributed by atoms with Gasteiger partial charge in [0.25, 0.3) is 0 Å². The second-order valence-electron chi connectivity index (χ2n) is 6.21. The van der Waals surface area contributed by atoms with Gasteiger partial charge in [0.2, 0.25) is 5.91 Å². The van der Waals surface area contributed by atoms with Crippen LogP contribution in [0.25, 0.3) is 0 Å². The molecule has 2 unspecified atom stereocenters. The van der Waals surface area contributed by atoms with Gasteiger partial charge in [0, 0.05) is 13.6 Å². The third-order valence-corrected chi connectivity index (χ3v) is 4.33. The lowest BCUT2D eigenvalue weighted by Gasteiger charge is -2.26. The van der Waals surface area contributed by atoms with Crippen molar-refractivity contribution >= 4 is 5.91 Å². The van der Waals surface area contributed by atoms with E-state index in [2.05, 4.69) is 0 Å². The second-order valence-corrected chi connectivity index (χ2v) is 6.21. The number of carbonyl (C=O) groups excluding carboxylic acids is 1. The van der Waals surface area contributed by atoms with E-state index in [1.807, 2.05) is 0 Å². The van der Waals surface area contributed by atoms with Crippen LogP contribution in [0.5, 0.6) is 0 Å². The fraction of sp³-hybridized carbons (Fsp3) is 0.588. The highest BCUT2D eigenvalue weighted by Gasteiger charge is 2.34. The van der Waals surface area contributed by atoms with E-state index < -0.39 is 23.8 Å². The van der Waals surface area contributed by atoms with E-state index in [1.165, 1.54) is 11.0 Å². The number of nitrogens with zero attached hydrogens (tertiary/aromatic N) is 1. The lowest BCUT2D eigenvalue weighted by molar-refractivity contribution is -0.138. The van der Waals surface area contributed by atoms with Crippen molar-refractivity contribution in [2.24, 2.45) is 5.92 Å². The Morgan fingerprint density at radius 1 is 1.39 bits per heavy atom. The molecule has 0 radical (unpaired) electrons. The molecule has 23 heavy (non-hydrogen) atoms. The molecule has 2 atom stereocenters. The van der Waals surface area contributed by atoms with Gasteiger partial charge in [-0.15, -0.1) is 0 Å². The van der Waals surface area contributed by atoms with Crippen LogP contribution in [0.3, 0.4) is 0 Å². The molecule has 128 valence electrons. The van der Waals surface area contributed by atoms with E-state index in [1.54, 1.807) is 20.0 Å². The first kappa shape index (κ1) is 17.8. The van der Waals surface area contributed by atoms with Crippen LogP contribution in [0, 0.1) is 5.92 Å². The third-order valence-electron chi connectivity index (χ3n) is 4.33. The lowest BCUT2D eigenvalue weighted by atomic mass is 9.93. The van der Waals surface area contributed by atoms with Gasteiger partial charge < -0.3 is 10.0 Å². The smallest absolute Gasteiger partial charge is 0.391 e. The van der Waals surface area contributed by atoms with Crippen molar-refractivity contribution in [2.75, 3.05) is 13.6 Å². The van der Waals surface area contributed by atoms with Crippen molar-refractivity contribution in [1.29, 1.82) is 0 Å². The summed E-state index contributed by atoms with van der Waals surface area (Å²) in [6, 6.07) is 4.91. The number of alkyl halides is 3. The molecule has 0 aromatic heterocycles. The minimum Gasteiger partial charge on any atom is -0.391 e. The van der Waals surface area contributed by atoms with Crippen LogP contribution in [0.1, 0.15) is 43.2 Å². The zero-order valence-corrected chi connectivity index (χ0v) is 13.3. The summed E-state index contributed by atoms with van der Waals surface area (Å²) in [4.78, 5) is 14.0. The van der Waals surface area contributed by atoms with Crippen molar-refractivity contribution in [3.05, 3.63) is 35.4 Å². The van der Waals surface area contributed by atoms with Crippen molar-refractivity contribution in [1.82, 2.24) is 4.90 Å². The largest absolute Gasteiger partial charge is 0.416 e. The Hall–Kier alpha value is -1.56. The Bertz CT molecular complexity index is 555. The molecule has 3 nitrogen and oxygen atoms in total. The molecule has 1 aliphatic rings. The van der Waals surface area contributed by atoms with Crippen LogP contribution < -0.4 is 0 Å². The predicted octanol–water partition coefficient (Wildman–Crippen LogP) is 3.43. The molecule has 1 N–H and O–H groups in total. The molecule has 1 saturated carbocycles. The standard InChI is InChI=1S/C17H22F3NO2/c1-3-14(12-5-4-6-13(9-12)17(18,19)20)16(23)21(2)10-15(22)11-7-8-11/h4-6,9,11,14-15,22H,3,7-8,10H2,1-2H3. The maximum Gasteiger partial charge on any atom is 0.416 e. The Morgan fingerprint density at radius 3 is 2.57 bits per heavy atom. The molecule has 1 aliphatic carbocycles. The monoisotopic (exact) mass is 329 g/mol. The second kappa shape index (κ2) is 6.91. The van der Waals surface area contributed by atoms with Crippen LogP contribution in [0.4, 0.5) is 13.2 Å². The average molecular weight is 329 g/mol. The van der Waals surface area contributed by atoms with Crippen molar-refractivity contribution in [2.45, 2.75) is 44.4 Å². The van der Waals surface area contributed by atoms with E-state index in [9.17, 15) is 23.1 Å². The fourth-order valence-electron chi connectivity index (χ4n) is 2.75. The number of hydrogen-bond donors (Lipinski definition) is 1. The first-order valence-electron chi connectivity index (χ1n) is 7.84. The number of amides is 1. The van der Waals surface area contributed by atoms with Gasteiger partial charge in [-0.3, -0.25) is 4.79 Å². The van der Waals surface area contributed by atoms with Gasteiger partial charge in [0.1, 0.15) is 0 Å². The zero-order valence-electron chi connectivity index (χ0n) is 13.3. The number of likely N-dealkylation sites (N-methyl/N-ethyl adjacent to an activating group) is 1. The summed E-state index contributed by atoms with van der Waals surface area (Å²) in [5, 5.41) is 9.94. The normalized spacial score (nSPS) is 17.7. The number of carbonyl (C=O) groups is 1. The predicted molar refractivity (Wildman–Crippen MR) is 80.8 cm³/mol. The maximum absolute atomic E-state index is 12.8. The Labute approximate surface area is 134 Å². The van der Waals surface area contributed by atoms with Crippen LogP contribution in [-0.4, -0.2) is 35.6 Å². The van der Waals surface area contributed by atoms with Crippen molar-refractivity contribution < 1.29 is 23.1 Å². The molecule has 1 amide bonds. The summed E-state index contributed by atoms with van der Waals surface area (Å²) in [6.07, 6.45) is -2.64. The Kier molecular flexibility index (Phi) is 5.34. The molecule has 0 heterocycles. The van der Waals surface area contributed by atoms with Crippen molar-refractivity contribution in [3.8, 4) is 0 Å². The SMILES string of the molecule is CCC(C(=O)N(C)CC(O)C1CC1)c1cccc(C(F)(F)F)c1. The molecule has 0 bridgehead atoms. The number of rotatable bonds is 6. The van der Waals surface area contributed by atoms with Gasteiger partial charge in [-0.1, -0.05) is 25.1 Å². The summed E-state index contributed by atoms with van der Waals surface area (Å²) < 4.78 is 38.5. The Balaban J connectivity index is 2.13. The van der Waals surface area contributed by atoms with E-state index in [0.717, 1.165) is 25.0 Å². The van der Waals surface area contributed by atoms with E-state index in [0.29, 0.717) is 12.0 Å². The minimum atomic E-state index is -4.43. The van der Waals surface area contributed by atoms with Crippen LogP contribution in [0.15, 0.2) is 24.3 Å². The highest BCUT2D eigenvalue weighted by molar-refractivity contribution is 5.83. The van der Waals surface area contributed by atoms with Gasteiger partial charge in [0.05, 0.1) is 17.6 Å². The molecular formula is C17H22F3NO2. The lowest BCUT2D eigenvalue weighted by Crippen LogP contribution is -2.38. The van der Waals surface area contributed by atoms with Gasteiger partial charge in [-0.25, -0.2) is 0 Å². The number of aliphatic hydroxyl groups is 1. The highest BCUT2D eigenvalue weighted by atomic mass is 19.4. The number of halogens is 3. The topological polar surface area (TPSA) is 40.5 Å². The summed E-state index contributed by atoms with van der Waals surface area (Å²) in [7, 11) is 1.59. The first-order chi connectivity index (χ1) is 10.7. The Morgan fingerprint density at radius 2 is 2.04 bits per heavy atom. The van der Waals surface area contributed by atoms with Gasteiger partial charge in [-0.05, 0) is 36.8 Å². The highest BCUT2D eigenvalue weighted by Crippen LogP contribution is 2.34. The van der Waals surface area contributed by atoms with Gasteiger partial charge in [0.15, 0.2) is 0 Å². The molecule has 0 saturated heterocycles. The molecular weight excluding hydrogens is 307 g/mol. The van der Waals surface area contributed by atoms with Gasteiger partial charge in [-0.2, -0.15) is 13.2 Å². The molecule has 1 fully saturated rings. The maximum atomic E-state index is 12.8. The van der Waals surface area contributed by atoms with Crippen LogP contribution in [-0.2, 0) is 11.0 Å². The number of aliphatic hydroxyl groups excluding tert-OH is 1. The van der Waals surface area contributed by atoms with Gasteiger partial charge >= 0.3 is 6.18 Å².